The average Bonchev–Trinajstić information content (AvgIpc) is 3.12. The van der Waals surface area contributed by atoms with E-state index in [9.17, 15) is 13.2 Å². The summed E-state index contributed by atoms with van der Waals surface area (Å²) >= 11 is 1.06. The number of rotatable bonds is 5. The highest BCUT2D eigenvalue weighted by Crippen LogP contribution is 2.22. The second-order valence-electron chi connectivity index (χ2n) is 5.87. The molecule has 1 aliphatic heterocycles. The second kappa shape index (κ2) is 7.65. The Morgan fingerprint density at radius 2 is 1.92 bits per heavy atom. The van der Waals surface area contributed by atoms with Crippen molar-refractivity contribution in [1.29, 1.82) is 0 Å². The van der Waals surface area contributed by atoms with Crippen molar-refractivity contribution in [3.05, 3.63) is 52.4 Å². The fourth-order valence-corrected chi connectivity index (χ4v) is 4.69. The van der Waals surface area contributed by atoms with Gasteiger partial charge < -0.3 is 9.64 Å². The Bertz CT molecular complexity index is 838. The van der Waals surface area contributed by atoms with Gasteiger partial charge in [-0.3, -0.25) is 4.79 Å². The topological polar surface area (TPSA) is 75.7 Å². The molecule has 0 atom stereocenters. The van der Waals surface area contributed by atoms with Gasteiger partial charge in [0.25, 0.3) is 5.91 Å². The minimum absolute atomic E-state index is 0.149. The molecule has 8 heteroatoms. The molecule has 1 aromatic carbocycles. The standard InChI is InChI=1S/C17H20N2O4S2/c1-13-2-4-14(5-3-13)11-18-25(21,22)16-10-15(12-24-16)17(20)19-6-8-23-9-7-19/h2-5,10,12,18H,6-9,11H2,1H3. The molecule has 0 unspecified atom stereocenters. The summed E-state index contributed by atoms with van der Waals surface area (Å²) in [5, 5.41) is 1.60. The Kier molecular flexibility index (Phi) is 5.53. The summed E-state index contributed by atoms with van der Waals surface area (Å²) in [5.74, 6) is -0.153. The molecule has 6 nitrogen and oxygen atoms in total. The number of thiophene rings is 1. The van der Waals surface area contributed by atoms with E-state index < -0.39 is 10.0 Å². The van der Waals surface area contributed by atoms with Gasteiger partial charge in [-0.25, -0.2) is 13.1 Å². The van der Waals surface area contributed by atoms with E-state index in [1.54, 1.807) is 10.3 Å². The Labute approximate surface area is 151 Å². The number of hydrogen-bond donors (Lipinski definition) is 1. The number of morpholine rings is 1. The Hall–Kier alpha value is -1.74. The summed E-state index contributed by atoms with van der Waals surface area (Å²) in [4.78, 5) is 14.1. The summed E-state index contributed by atoms with van der Waals surface area (Å²) in [6, 6.07) is 9.10. The molecule has 0 spiro atoms. The molecule has 1 amide bonds. The van der Waals surface area contributed by atoms with Crippen LogP contribution in [-0.4, -0.2) is 45.5 Å². The summed E-state index contributed by atoms with van der Waals surface area (Å²) < 4.78 is 32.8. The van der Waals surface area contributed by atoms with Gasteiger partial charge in [0.05, 0.1) is 18.8 Å². The molecule has 25 heavy (non-hydrogen) atoms. The number of aryl methyl sites for hydroxylation is 1. The van der Waals surface area contributed by atoms with Gasteiger partial charge in [-0.05, 0) is 18.6 Å². The fourth-order valence-electron chi connectivity index (χ4n) is 2.47. The van der Waals surface area contributed by atoms with Crippen LogP contribution in [0.1, 0.15) is 21.5 Å². The van der Waals surface area contributed by atoms with Gasteiger partial charge in [0.2, 0.25) is 10.0 Å². The fraction of sp³-hybridized carbons (Fsp3) is 0.353. The van der Waals surface area contributed by atoms with Crippen LogP contribution in [-0.2, 0) is 21.3 Å². The number of nitrogens with one attached hydrogen (secondary N) is 1. The monoisotopic (exact) mass is 380 g/mol. The molecule has 1 fully saturated rings. The molecule has 0 bridgehead atoms. The predicted octanol–water partition coefficient (Wildman–Crippen LogP) is 2.01. The van der Waals surface area contributed by atoms with Crippen LogP contribution in [0, 0.1) is 6.92 Å². The molecule has 2 aromatic rings. The zero-order chi connectivity index (χ0) is 17.9. The average molecular weight is 380 g/mol. The SMILES string of the molecule is Cc1ccc(CNS(=O)(=O)c2cc(C(=O)N3CCOCC3)cs2)cc1. The zero-order valence-electron chi connectivity index (χ0n) is 13.9. The first-order valence-electron chi connectivity index (χ1n) is 7.96. The second-order valence-corrected chi connectivity index (χ2v) is 8.77. The van der Waals surface area contributed by atoms with Crippen molar-refractivity contribution in [2.45, 2.75) is 17.7 Å². The summed E-state index contributed by atoms with van der Waals surface area (Å²) in [6.45, 7) is 4.28. The number of amides is 1. The van der Waals surface area contributed by atoms with Crippen molar-refractivity contribution in [2.24, 2.45) is 0 Å². The molecule has 2 heterocycles. The van der Waals surface area contributed by atoms with Gasteiger partial charge in [-0.2, -0.15) is 0 Å². The maximum absolute atomic E-state index is 12.4. The number of sulfonamides is 1. The van der Waals surface area contributed by atoms with Crippen LogP contribution in [0.3, 0.4) is 0 Å². The molecule has 134 valence electrons. The highest BCUT2D eigenvalue weighted by atomic mass is 32.2. The molecule has 1 aliphatic rings. The number of benzene rings is 1. The van der Waals surface area contributed by atoms with Crippen LogP contribution in [0.2, 0.25) is 0 Å². The third-order valence-corrected chi connectivity index (χ3v) is 6.81. The van der Waals surface area contributed by atoms with E-state index in [0.717, 1.165) is 22.5 Å². The lowest BCUT2D eigenvalue weighted by atomic mass is 10.2. The number of nitrogens with zero attached hydrogens (tertiary/aromatic N) is 1. The van der Waals surface area contributed by atoms with E-state index in [2.05, 4.69) is 4.72 Å². The minimum atomic E-state index is -3.64. The van der Waals surface area contributed by atoms with Crippen molar-refractivity contribution in [2.75, 3.05) is 26.3 Å². The van der Waals surface area contributed by atoms with E-state index in [0.29, 0.717) is 31.9 Å². The molecule has 0 saturated carbocycles. The van der Waals surface area contributed by atoms with Crippen LogP contribution in [0.15, 0.2) is 39.9 Å². The largest absolute Gasteiger partial charge is 0.378 e. The van der Waals surface area contributed by atoms with E-state index in [-0.39, 0.29) is 16.7 Å². The lowest BCUT2D eigenvalue weighted by Crippen LogP contribution is -2.40. The third-order valence-electron chi connectivity index (χ3n) is 3.97. The van der Waals surface area contributed by atoms with Crippen LogP contribution in [0.4, 0.5) is 0 Å². The maximum Gasteiger partial charge on any atom is 0.254 e. The third kappa shape index (κ3) is 4.46. The van der Waals surface area contributed by atoms with Crippen LogP contribution < -0.4 is 4.72 Å². The van der Waals surface area contributed by atoms with E-state index in [4.69, 9.17) is 4.74 Å². The van der Waals surface area contributed by atoms with E-state index in [1.165, 1.54) is 6.07 Å². The van der Waals surface area contributed by atoms with Crippen molar-refractivity contribution in [3.63, 3.8) is 0 Å². The van der Waals surface area contributed by atoms with Gasteiger partial charge in [-0.1, -0.05) is 29.8 Å². The van der Waals surface area contributed by atoms with Gasteiger partial charge in [-0.15, -0.1) is 11.3 Å². The zero-order valence-corrected chi connectivity index (χ0v) is 15.5. The number of ether oxygens (including phenoxy) is 1. The highest BCUT2D eigenvalue weighted by Gasteiger charge is 2.23. The highest BCUT2D eigenvalue weighted by molar-refractivity contribution is 7.91. The van der Waals surface area contributed by atoms with Crippen molar-refractivity contribution in [1.82, 2.24) is 9.62 Å². The Morgan fingerprint density at radius 1 is 1.24 bits per heavy atom. The molecule has 3 rings (SSSR count). The lowest BCUT2D eigenvalue weighted by molar-refractivity contribution is 0.0303. The summed E-state index contributed by atoms with van der Waals surface area (Å²) in [6.07, 6.45) is 0. The first kappa shape index (κ1) is 18.1. The maximum atomic E-state index is 12.4. The number of carbonyl (C=O) groups is 1. The lowest BCUT2D eigenvalue weighted by Gasteiger charge is -2.26. The van der Waals surface area contributed by atoms with Crippen LogP contribution >= 0.6 is 11.3 Å². The van der Waals surface area contributed by atoms with Crippen molar-refractivity contribution in [3.8, 4) is 0 Å². The molecule has 0 radical (unpaired) electrons. The molecule has 1 N–H and O–H groups in total. The van der Waals surface area contributed by atoms with Gasteiger partial charge in [0, 0.05) is 25.0 Å². The van der Waals surface area contributed by atoms with Crippen LogP contribution in [0.5, 0.6) is 0 Å². The van der Waals surface area contributed by atoms with Crippen molar-refractivity contribution < 1.29 is 17.9 Å². The minimum Gasteiger partial charge on any atom is -0.378 e. The normalized spacial score (nSPS) is 15.3. The molecule has 1 saturated heterocycles. The summed E-state index contributed by atoms with van der Waals surface area (Å²) in [7, 11) is -3.64. The molecule has 1 aromatic heterocycles. The van der Waals surface area contributed by atoms with Gasteiger partial charge >= 0.3 is 0 Å². The number of hydrogen-bond acceptors (Lipinski definition) is 5. The smallest absolute Gasteiger partial charge is 0.254 e. The predicted molar refractivity (Wildman–Crippen MR) is 96.2 cm³/mol. The van der Waals surface area contributed by atoms with Crippen LogP contribution in [0.25, 0.3) is 0 Å². The van der Waals surface area contributed by atoms with E-state index >= 15 is 0 Å². The first-order valence-corrected chi connectivity index (χ1v) is 10.3. The van der Waals surface area contributed by atoms with Gasteiger partial charge in [0.1, 0.15) is 4.21 Å². The van der Waals surface area contributed by atoms with Gasteiger partial charge in [0.15, 0.2) is 0 Å². The Morgan fingerprint density at radius 3 is 2.60 bits per heavy atom. The first-order chi connectivity index (χ1) is 12.0. The molecular weight excluding hydrogens is 360 g/mol. The quantitative estimate of drug-likeness (QED) is 0.861. The molecule has 0 aliphatic carbocycles. The Balaban J connectivity index is 1.67. The van der Waals surface area contributed by atoms with Crippen molar-refractivity contribution >= 4 is 27.3 Å². The number of carbonyl (C=O) groups excluding carboxylic acids is 1. The van der Waals surface area contributed by atoms with E-state index in [1.807, 2.05) is 31.2 Å². The molecular formula is C17H20N2O4S2. The summed E-state index contributed by atoms with van der Waals surface area (Å²) in [5.41, 5.74) is 2.41.